The molecule has 3 nitrogen and oxygen atoms in total. The number of rotatable bonds is 4. The lowest BCUT2D eigenvalue weighted by molar-refractivity contribution is -0.134. The monoisotopic (exact) mass is 364 g/mol. The van der Waals surface area contributed by atoms with Gasteiger partial charge in [-0.2, -0.15) is 0 Å². The van der Waals surface area contributed by atoms with E-state index in [2.05, 4.69) is 42.2 Å². The van der Waals surface area contributed by atoms with Gasteiger partial charge in [0.25, 0.3) is 0 Å². The molecule has 1 aliphatic heterocycles. The van der Waals surface area contributed by atoms with Gasteiger partial charge in [0, 0.05) is 25.6 Å². The molecular weight excluding hydrogens is 332 g/mol. The van der Waals surface area contributed by atoms with Crippen LogP contribution in [0.1, 0.15) is 63.4 Å². The average Bonchev–Trinajstić information content (AvgIpc) is 2.63. The van der Waals surface area contributed by atoms with E-state index in [1.54, 1.807) is 0 Å². The van der Waals surface area contributed by atoms with Crippen molar-refractivity contribution < 1.29 is 4.79 Å². The molecule has 1 saturated heterocycles. The van der Waals surface area contributed by atoms with Crippen LogP contribution in [0.4, 0.5) is 0 Å². The van der Waals surface area contributed by atoms with Crippen LogP contribution in [-0.4, -0.2) is 29.9 Å². The van der Waals surface area contributed by atoms with E-state index in [0.29, 0.717) is 23.7 Å². The number of piperidine rings is 1. The second-order valence-electron chi connectivity index (χ2n) is 7.93. The molecule has 2 aliphatic rings. The second-order valence-corrected chi connectivity index (χ2v) is 7.93. The lowest BCUT2D eigenvalue weighted by atomic mass is 9.77. The molecular formula is C21H33ClN2O. The SMILES string of the molecule is CC(N)C1CCCN(C(=O)CC2CCC(c3ccccc3)CC2)C1.Cl. The summed E-state index contributed by atoms with van der Waals surface area (Å²) in [7, 11) is 0. The van der Waals surface area contributed by atoms with Gasteiger partial charge >= 0.3 is 0 Å². The lowest BCUT2D eigenvalue weighted by Gasteiger charge is -2.36. The maximum absolute atomic E-state index is 12.7. The van der Waals surface area contributed by atoms with Gasteiger partial charge in [-0.25, -0.2) is 0 Å². The van der Waals surface area contributed by atoms with Crippen LogP contribution in [0.3, 0.4) is 0 Å². The molecule has 1 amide bonds. The van der Waals surface area contributed by atoms with Crippen LogP contribution in [0, 0.1) is 11.8 Å². The molecule has 0 bridgehead atoms. The number of likely N-dealkylation sites (tertiary alicyclic amines) is 1. The first kappa shape index (κ1) is 20.3. The van der Waals surface area contributed by atoms with Gasteiger partial charge in [-0.15, -0.1) is 12.4 Å². The van der Waals surface area contributed by atoms with Crippen molar-refractivity contribution in [2.75, 3.05) is 13.1 Å². The maximum Gasteiger partial charge on any atom is 0.222 e. The minimum Gasteiger partial charge on any atom is -0.342 e. The predicted octanol–water partition coefficient (Wildman–Crippen LogP) is 4.36. The van der Waals surface area contributed by atoms with Gasteiger partial charge in [0.05, 0.1) is 0 Å². The van der Waals surface area contributed by atoms with Gasteiger partial charge in [-0.05, 0) is 68.8 Å². The Labute approximate surface area is 158 Å². The zero-order chi connectivity index (χ0) is 16.9. The number of amides is 1. The maximum atomic E-state index is 12.7. The van der Waals surface area contributed by atoms with Crippen molar-refractivity contribution >= 4 is 18.3 Å². The number of carbonyl (C=O) groups is 1. The van der Waals surface area contributed by atoms with Crippen molar-refractivity contribution in [3.8, 4) is 0 Å². The van der Waals surface area contributed by atoms with Crippen molar-refractivity contribution in [3.63, 3.8) is 0 Å². The van der Waals surface area contributed by atoms with Crippen LogP contribution in [0.2, 0.25) is 0 Å². The van der Waals surface area contributed by atoms with Gasteiger partial charge in [-0.1, -0.05) is 30.3 Å². The summed E-state index contributed by atoms with van der Waals surface area (Å²) in [5, 5.41) is 0. The summed E-state index contributed by atoms with van der Waals surface area (Å²) in [5.74, 6) is 2.11. The molecule has 0 radical (unpaired) electrons. The fraction of sp³-hybridized carbons (Fsp3) is 0.667. The summed E-state index contributed by atoms with van der Waals surface area (Å²) < 4.78 is 0. The van der Waals surface area contributed by atoms with Gasteiger partial charge < -0.3 is 10.6 Å². The molecule has 0 spiro atoms. The Morgan fingerprint density at radius 2 is 1.84 bits per heavy atom. The van der Waals surface area contributed by atoms with Gasteiger partial charge in [0.15, 0.2) is 0 Å². The first-order valence-electron chi connectivity index (χ1n) is 9.71. The number of nitrogens with zero attached hydrogens (tertiary/aromatic N) is 1. The number of hydrogen-bond donors (Lipinski definition) is 1. The van der Waals surface area contributed by atoms with Crippen LogP contribution in [0.5, 0.6) is 0 Å². The number of carbonyl (C=O) groups excluding carboxylic acids is 1. The third-order valence-electron chi connectivity index (χ3n) is 6.14. The highest BCUT2D eigenvalue weighted by Crippen LogP contribution is 2.37. The molecule has 2 unspecified atom stereocenters. The Kier molecular flexibility index (Phi) is 7.77. The molecule has 2 fully saturated rings. The van der Waals surface area contributed by atoms with E-state index < -0.39 is 0 Å². The molecule has 140 valence electrons. The first-order chi connectivity index (χ1) is 11.6. The first-order valence-corrected chi connectivity index (χ1v) is 9.71. The molecule has 4 heteroatoms. The zero-order valence-corrected chi connectivity index (χ0v) is 16.2. The van der Waals surface area contributed by atoms with Crippen LogP contribution >= 0.6 is 12.4 Å². The van der Waals surface area contributed by atoms with Crippen molar-refractivity contribution in [2.45, 2.75) is 63.8 Å². The highest BCUT2D eigenvalue weighted by atomic mass is 35.5. The van der Waals surface area contributed by atoms with Crippen LogP contribution in [0.25, 0.3) is 0 Å². The van der Waals surface area contributed by atoms with E-state index in [9.17, 15) is 4.79 Å². The van der Waals surface area contributed by atoms with E-state index >= 15 is 0 Å². The summed E-state index contributed by atoms with van der Waals surface area (Å²) in [6.07, 6.45) is 7.86. The fourth-order valence-corrected chi connectivity index (χ4v) is 4.47. The molecule has 1 saturated carbocycles. The summed E-state index contributed by atoms with van der Waals surface area (Å²) in [5.41, 5.74) is 7.52. The number of benzene rings is 1. The molecule has 0 aromatic heterocycles. The van der Waals surface area contributed by atoms with Gasteiger partial charge in [0.2, 0.25) is 5.91 Å². The molecule has 3 rings (SSSR count). The molecule has 2 atom stereocenters. The second kappa shape index (κ2) is 9.59. The average molecular weight is 365 g/mol. The molecule has 2 N–H and O–H groups in total. The highest BCUT2D eigenvalue weighted by molar-refractivity contribution is 5.85. The Morgan fingerprint density at radius 1 is 1.16 bits per heavy atom. The van der Waals surface area contributed by atoms with E-state index in [-0.39, 0.29) is 18.4 Å². The largest absolute Gasteiger partial charge is 0.342 e. The van der Waals surface area contributed by atoms with Crippen LogP contribution in [-0.2, 0) is 4.79 Å². The molecule has 1 aromatic carbocycles. The smallest absolute Gasteiger partial charge is 0.222 e. The number of nitrogens with two attached hydrogens (primary N) is 1. The van der Waals surface area contributed by atoms with Gasteiger partial charge in [0.1, 0.15) is 0 Å². The quantitative estimate of drug-likeness (QED) is 0.862. The minimum atomic E-state index is 0. The molecule has 1 aliphatic carbocycles. The topological polar surface area (TPSA) is 46.3 Å². The summed E-state index contributed by atoms with van der Waals surface area (Å²) >= 11 is 0. The number of hydrogen-bond acceptors (Lipinski definition) is 2. The fourth-order valence-electron chi connectivity index (χ4n) is 4.47. The summed E-state index contributed by atoms with van der Waals surface area (Å²) in [6.45, 7) is 3.88. The number of halogens is 1. The predicted molar refractivity (Wildman–Crippen MR) is 106 cm³/mol. The normalized spacial score (nSPS) is 28.1. The third-order valence-corrected chi connectivity index (χ3v) is 6.14. The van der Waals surface area contributed by atoms with Crippen LogP contribution in [0.15, 0.2) is 30.3 Å². The van der Waals surface area contributed by atoms with Crippen molar-refractivity contribution in [2.24, 2.45) is 17.6 Å². The summed E-state index contributed by atoms with van der Waals surface area (Å²) in [6, 6.07) is 11.0. The molecule has 1 aromatic rings. The Morgan fingerprint density at radius 3 is 2.48 bits per heavy atom. The standard InChI is InChI=1S/C21H32N2O.ClH/c1-16(22)20-8-5-13-23(15-20)21(24)14-17-9-11-19(12-10-17)18-6-3-2-4-7-18;/h2-4,6-7,16-17,19-20H,5,8-15,22H2,1H3;1H. The summed E-state index contributed by atoms with van der Waals surface area (Å²) in [4.78, 5) is 14.8. The van der Waals surface area contributed by atoms with Gasteiger partial charge in [-0.3, -0.25) is 4.79 Å². The molecule has 1 heterocycles. The minimum absolute atomic E-state index is 0. The zero-order valence-electron chi connectivity index (χ0n) is 15.4. The molecule has 25 heavy (non-hydrogen) atoms. The Balaban J connectivity index is 0.00000225. The van der Waals surface area contributed by atoms with E-state index in [1.165, 1.54) is 37.7 Å². The Bertz CT molecular complexity index is 526. The van der Waals surface area contributed by atoms with Crippen molar-refractivity contribution in [1.82, 2.24) is 4.90 Å². The van der Waals surface area contributed by atoms with Crippen molar-refractivity contribution in [1.29, 1.82) is 0 Å². The van der Waals surface area contributed by atoms with E-state index in [0.717, 1.165) is 25.9 Å². The third kappa shape index (κ3) is 5.46. The van der Waals surface area contributed by atoms with Crippen LogP contribution < -0.4 is 5.73 Å². The van der Waals surface area contributed by atoms with E-state index in [4.69, 9.17) is 5.73 Å². The highest BCUT2D eigenvalue weighted by Gasteiger charge is 2.29. The van der Waals surface area contributed by atoms with Crippen molar-refractivity contribution in [3.05, 3.63) is 35.9 Å². The lowest BCUT2D eigenvalue weighted by Crippen LogP contribution is -2.45. The Hall–Kier alpha value is -1.06. The van der Waals surface area contributed by atoms with E-state index in [1.807, 2.05) is 0 Å².